The molecule has 0 aliphatic heterocycles. The molecule has 0 bridgehead atoms. The Morgan fingerprint density at radius 2 is 1.20 bits per heavy atom. The fourth-order valence-electron chi connectivity index (χ4n) is 0.149. The molecular formula is C6H12N2O4PdS2. The third-order valence-electron chi connectivity index (χ3n) is 0.999. The maximum atomic E-state index is 9.65. The van der Waals surface area contributed by atoms with E-state index in [-0.39, 0.29) is 31.9 Å². The van der Waals surface area contributed by atoms with Crippen molar-refractivity contribution in [2.24, 2.45) is 11.5 Å². The maximum Gasteiger partial charge on any atom is 2.00 e. The number of carboxylic acids is 2. The minimum absolute atomic E-state index is 0. The predicted molar refractivity (Wildman–Crippen MR) is 53.7 cm³/mol. The van der Waals surface area contributed by atoms with Crippen molar-refractivity contribution >= 4 is 37.2 Å². The molecule has 0 rings (SSSR count). The molecule has 9 heteroatoms. The zero-order valence-electron chi connectivity index (χ0n) is 7.57. The first-order valence-corrected chi connectivity index (χ1v) is 4.77. The molecule has 4 N–H and O–H groups in total. The van der Waals surface area contributed by atoms with Gasteiger partial charge in [0.05, 0.1) is 24.0 Å². The zero-order chi connectivity index (χ0) is 11.7. The molecule has 92 valence electrons. The number of carbonyl (C=O) groups is 2. The van der Waals surface area contributed by atoms with E-state index in [0.29, 0.717) is 0 Å². The summed E-state index contributed by atoms with van der Waals surface area (Å²) in [6.45, 7) is 0. The van der Waals surface area contributed by atoms with E-state index in [1.54, 1.807) is 0 Å². The topological polar surface area (TPSA) is 132 Å². The molecule has 0 aliphatic rings. The van der Waals surface area contributed by atoms with Crippen molar-refractivity contribution in [2.45, 2.75) is 12.1 Å². The third kappa shape index (κ3) is 14.2. The summed E-state index contributed by atoms with van der Waals surface area (Å²) in [7, 11) is 0. The number of aliphatic carboxylic acids is 2. The van der Waals surface area contributed by atoms with Gasteiger partial charge in [-0.15, -0.1) is 0 Å². The van der Waals surface area contributed by atoms with E-state index in [1.165, 1.54) is 0 Å². The fraction of sp³-hybridized carbons (Fsp3) is 0.667. The molecule has 2 atom stereocenters. The molecule has 0 aromatic rings. The smallest absolute Gasteiger partial charge is 0.548 e. The summed E-state index contributed by atoms with van der Waals surface area (Å²) in [5.74, 6) is -2.25. The summed E-state index contributed by atoms with van der Waals surface area (Å²) in [6.07, 6.45) is 0. The second kappa shape index (κ2) is 12.3. The Labute approximate surface area is 112 Å². The van der Waals surface area contributed by atoms with E-state index in [1.807, 2.05) is 0 Å². The van der Waals surface area contributed by atoms with Gasteiger partial charge in [0.2, 0.25) is 0 Å². The van der Waals surface area contributed by atoms with Gasteiger partial charge in [0.25, 0.3) is 0 Å². The first-order valence-electron chi connectivity index (χ1n) is 3.51. The largest absolute Gasteiger partial charge is 2.00 e. The van der Waals surface area contributed by atoms with Crippen LogP contribution in [0.4, 0.5) is 0 Å². The molecular weight excluding hydrogens is 335 g/mol. The van der Waals surface area contributed by atoms with Gasteiger partial charge in [0.1, 0.15) is 0 Å². The van der Waals surface area contributed by atoms with Gasteiger partial charge < -0.3 is 31.3 Å². The predicted octanol–water partition coefficient (Wildman–Crippen LogP) is -4.02. The molecule has 0 aromatic carbocycles. The van der Waals surface area contributed by atoms with Gasteiger partial charge >= 0.3 is 20.4 Å². The number of rotatable bonds is 4. The minimum Gasteiger partial charge on any atom is -0.548 e. The average molecular weight is 347 g/mol. The van der Waals surface area contributed by atoms with Crippen molar-refractivity contribution in [2.75, 3.05) is 11.5 Å². The summed E-state index contributed by atoms with van der Waals surface area (Å²) in [5, 5.41) is 19.3. The van der Waals surface area contributed by atoms with E-state index < -0.39 is 24.0 Å². The van der Waals surface area contributed by atoms with Gasteiger partial charge in [-0.1, -0.05) is 0 Å². The van der Waals surface area contributed by atoms with Crippen LogP contribution in [0.25, 0.3) is 0 Å². The molecule has 0 heterocycles. The van der Waals surface area contributed by atoms with Crippen LogP contribution in [0.15, 0.2) is 0 Å². The Balaban J connectivity index is -0.000000180. The molecule has 0 unspecified atom stereocenters. The summed E-state index contributed by atoms with van der Waals surface area (Å²) in [5.41, 5.74) is 9.75. The molecule has 0 fully saturated rings. The quantitative estimate of drug-likeness (QED) is 0.303. The Bertz CT molecular complexity index is 176. The summed E-state index contributed by atoms with van der Waals surface area (Å²) >= 11 is 7.22. The Hall–Kier alpha value is 0.222. The van der Waals surface area contributed by atoms with Crippen molar-refractivity contribution in [1.29, 1.82) is 0 Å². The summed E-state index contributed by atoms with van der Waals surface area (Å²) in [6, 6.07) is -1.85. The van der Waals surface area contributed by atoms with Gasteiger partial charge in [-0.05, 0) is 0 Å². The van der Waals surface area contributed by atoms with Crippen molar-refractivity contribution in [3.05, 3.63) is 0 Å². The van der Waals surface area contributed by atoms with Crippen LogP contribution >= 0.6 is 25.3 Å². The van der Waals surface area contributed by atoms with Crippen LogP contribution in [0.3, 0.4) is 0 Å². The fourth-order valence-corrected chi connectivity index (χ4v) is 0.447. The number of hydrogen-bond acceptors (Lipinski definition) is 8. The summed E-state index contributed by atoms with van der Waals surface area (Å²) < 4.78 is 0. The third-order valence-corrected chi connectivity index (χ3v) is 1.79. The van der Waals surface area contributed by atoms with Gasteiger partial charge in [-0.3, -0.25) is 0 Å². The van der Waals surface area contributed by atoms with Crippen LogP contribution in [0.1, 0.15) is 0 Å². The molecule has 0 aromatic heterocycles. The molecule has 0 amide bonds. The second-order valence-electron chi connectivity index (χ2n) is 2.22. The van der Waals surface area contributed by atoms with Crippen molar-refractivity contribution in [1.82, 2.24) is 0 Å². The molecule has 0 spiro atoms. The Morgan fingerprint density at radius 1 is 1.00 bits per heavy atom. The van der Waals surface area contributed by atoms with Crippen LogP contribution in [0, 0.1) is 0 Å². The maximum absolute atomic E-state index is 9.65. The monoisotopic (exact) mass is 346 g/mol. The first-order chi connectivity index (χ1) is 6.36. The Kier molecular flexibility index (Phi) is 16.9. The van der Waals surface area contributed by atoms with E-state index in [0.717, 1.165) is 0 Å². The zero-order valence-corrected chi connectivity index (χ0v) is 10.9. The van der Waals surface area contributed by atoms with Crippen molar-refractivity contribution in [3.8, 4) is 0 Å². The average Bonchev–Trinajstić information content (AvgIpc) is 2.15. The minimum atomic E-state index is -1.25. The number of hydrogen-bond donors (Lipinski definition) is 4. The van der Waals surface area contributed by atoms with Crippen molar-refractivity contribution < 1.29 is 40.2 Å². The molecule has 15 heavy (non-hydrogen) atoms. The van der Waals surface area contributed by atoms with E-state index in [4.69, 9.17) is 11.5 Å². The van der Waals surface area contributed by atoms with Crippen LogP contribution in [0.2, 0.25) is 0 Å². The molecule has 0 saturated heterocycles. The normalized spacial score (nSPS) is 12.5. The summed E-state index contributed by atoms with van der Waals surface area (Å²) in [4.78, 5) is 19.3. The first kappa shape index (κ1) is 20.6. The molecule has 0 saturated carbocycles. The van der Waals surface area contributed by atoms with Gasteiger partial charge in [-0.25, -0.2) is 0 Å². The van der Waals surface area contributed by atoms with Gasteiger partial charge in [0.15, 0.2) is 0 Å². The van der Waals surface area contributed by atoms with Gasteiger partial charge in [0, 0.05) is 11.5 Å². The number of carbonyl (C=O) groups excluding carboxylic acids is 2. The SMILES string of the molecule is N[C@@H](CS)C(=O)[O-].N[C@@H](CS)C(=O)[O-].[Pd+2]. The second-order valence-corrected chi connectivity index (χ2v) is 2.95. The van der Waals surface area contributed by atoms with Gasteiger partial charge in [-0.2, -0.15) is 25.3 Å². The van der Waals surface area contributed by atoms with Crippen LogP contribution in [0.5, 0.6) is 0 Å². The van der Waals surface area contributed by atoms with Crippen LogP contribution < -0.4 is 21.7 Å². The molecule has 0 radical (unpaired) electrons. The standard InChI is InChI=1S/2C3H7NO2S.Pd/c2*4-2(1-7)3(5)6;/h2*2,7H,1,4H2,(H,5,6);/q;;+2/p-2/t2*2-;/m00./s1. The van der Waals surface area contributed by atoms with Crippen LogP contribution in [-0.4, -0.2) is 35.5 Å². The van der Waals surface area contributed by atoms with E-state index in [2.05, 4.69) is 25.3 Å². The van der Waals surface area contributed by atoms with E-state index in [9.17, 15) is 19.8 Å². The number of carboxylic acid groups (broad SMARTS) is 2. The van der Waals surface area contributed by atoms with E-state index >= 15 is 0 Å². The number of thiol groups is 2. The molecule has 6 nitrogen and oxygen atoms in total. The number of nitrogens with two attached hydrogens (primary N) is 2. The molecule has 0 aliphatic carbocycles. The Morgan fingerprint density at radius 3 is 1.20 bits per heavy atom. The van der Waals surface area contributed by atoms with Crippen LogP contribution in [-0.2, 0) is 30.0 Å². The van der Waals surface area contributed by atoms with Crippen molar-refractivity contribution in [3.63, 3.8) is 0 Å².